The first kappa shape index (κ1) is 17.9. The van der Waals surface area contributed by atoms with Gasteiger partial charge in [-0.2, -0.15) is 0 Å². The summed E-state index contributed by atoms with van der Waals surface area (Å²) in [6.07, 6.45) is 6.54. The van der Waals surface area contributed by atoms with Crippen molar-refractivity contribution < 1.29 is 19.2 Å². The molecule has 5 atom stereocenters. The van der Waals surface area contributed by atoms with E-state index in [1.807, 2.05) is 13.0 Å². The monoisotopic (exact) mass is 378 g/mol. The van der Waals surface area contributed by atoms with Gasteiger partial charge in [0.2, 0.25) is 0 Å². The third-order valence-corrected chi connectivity index (χ3v) is 7.54. The van der Waals surface area contributed by atoms with Gasteiger partial charge in [-0.25, -0.2) is 0 Å². The molecule has 2 fully saturated rings. The molecule has 146 valence electrons. The number of ether oxygens (including phenoxy) is 1. The normalized spacial score (nSPS) is 36.6. The number of rotatable bonds is 2. The molecule has 1 saturated carbocycles. The van der Waals surface area contributed by atoms with Gasteiger partial charge < -0.3 is 9.64 Å². The predicted octanol–water partition coefficient (Wildman–Crippen LogP) is 2.04. The number of allylic oxidation sites excluding steroid dienone is 3. The second kappa shape index (κ2) is 6.41. The molecule has 4 aliphatic rings. The van der Waals surface area contributed by atoms with E-state index in [-0.39, 0.29) is 35.1 Å². The highest BCUT2D eigenvalue weighted by molar-refractivity contribution is 6.05. The zero-order chi connectivity index (χ0) is 19.5. The Hall–Kier alpha value is -2.20. The summed E-state index contributed by atoms with van der Waals surface area (Å²) in [6.45, 7) is 6.97. The molecule has 2 heterocycles. The molecule has 1 N–H and O–H groups in total. The molecule has 1 saturated heterocycles. The lowest BCUT2D eigenvalue weighted by atomic mass is 9.61. The van der Waals surface area contributed by atoms with Gasteiger partial charge in [-0.15, -0.1) is 0 Å². The van der Waals surface area contributed by atoms with Crippen LogP contribution in [0.25, 0.3) is 0 Å². The fraction of sp³-hybridized carbons (Fsp3) is 0.500. The van der Waals surface area contributed by atoms with Crippen LogP contribution in [-0.4, -0.2) is 30.9 Å². The third-order valence-electron chi connectivity index (χ3n) is 7.54. The molecule has 1 aromatic rings. The van der Waals surface area contributed by atoms with Crippen molar-refractivity contribution >= 4 is 11.8 Å². The molecule has 1 aromatic carbocycles. The summed E-state index contributed by atoms with van der Waals surface area (Å²) in [7, 11) is 0. The maximum atomic E-state index is 12.9. The average molecular weight is 378 g/mol. The largest absolute Gasteiger partial charge is 0.457 e. The summed E-state index contributed by atoms with van der Waals surface area (Å²) < 4.78 is 5.95. The first-order chi connectivity index (χ1) is 13.5. The molecule has 4 heteroatoms. The standard InChI is InChI=1S/C24H27NO3/c1-15-20(26)8-11-24(2)10-7-18-19(23(27)28-22(18)21(15)24)14-25-12-9-16-5-3-4-6-17(16)13-25/h3-6,8,11,18-19,22H,7,9-10,12-14H2,1-2H3/p+1/t18-,19+,22-,24+/m0/s1. The van der Waals surface area contributed by atoms with Crippen molar-refractivity contribution in [1.29, 1.82) is 0 Å². The SMILES string of the molecule is CC1=C2[C@H]3OC(=O)[C@H](C[NH+]4CCc5ccccc5C4)[C@@H]3CC[C@]2(C)C=CC1=O. The van der Waals surface area contributed by atoms with Crippen LogP contribution in [0.3, 0.4) is 0 Å². The Morgan fingerprint density at radius 1 is 1.21 bits per heavy atom. The van der Waals surface area contributed by atoms with E-state index in [0.717, 1.165) is 50.0 Å². The predicted molar refractivity (Wildman–Crippen MR) is 106 cm³/mol. The van der Waals surface area contributed by atoms with Crippen LogP contribution in [0.1, 0.15) is 37.8 Å². The summed E-state index contributed by atoms with van der Waals surface area (Å²) >= 11 is 0. The smallest absolute Gasteiger partial charge is 0.315 e. The third kappa shape index (κ3) is 2.69. The second-order valence-corrected chi connectivity index (χ2v) is 9.22. The van der Waals surface area contributed by atoms with Crippen LogP contribution < -0.4 is 4.90 Å². The number of nitrogens with one attached hydrogen (secondary N) is 1. The summed E-state index contributed by atoms with van der Waals surface area (Å²) in [5, 5.41) is 0. The van der Waals surface area contributed by atoms with E-state index < -0.39 is 0 Å². The molecule has 0 bridgehead atoms. The molecule has 4 nitrogen and oxygen atoms in total. The molecule has 28 heavy (non-hydrogen) atoms. The van der Waals surface area contributed by atoms with Crippen LogP contribution in [0.5, 0.6) is 0 Å². The Kier molecular flexibility index (Phi) is 4.09. The molecule has 0 aromatic heterocycles. The van der Waals surface area contributed by atoms with E-state index in [1.54, 1.807) is 6.08 Å². The van der Waals surface area contributed by atoms with Crippen molar-refractivity contribution in [3.8, 4) is 0 Å². The molecule has 0 spiro atoms. The topological polar surface area (TPSA) is 47.8 Å². The molecular formula is C24H28NO3+. The van der Waals surface area contributed by atoms with Gasteiger partial charge >= 0.3 is 5.97 Å². The minimum atomic E-state index is -0.221. The fourth-order valence-electron chi connectivity index (χ4n) is 5.93. The molecule has 1 unspecified atom stereocenters. The first-order valence-corrected chi connectivity index (χ1v) is 10.5. The lowest BCUT2D eigenvalue weighted by Crippen LogP contribution is -3.12. The molecule has 5 rings (SSSR count). The van der Waals surface area contributed by atoms with Crippen molar-refractivity contribution in [2.45, 2.75) is 45.8 Å². The number of carbonyl (C=O) groups is 2. The number of fused-ring (bicyclic) bond motifs is 4. The molecule has 0 radical (unpaired) electrons. The van der Waals surface area contributed by atoms with E-state index >= 15 is 0 Å². The van der Waals surface area contributed by atoms with Gasteiger partial charge in [0.05, 0.1) is 13.1 Å². The highest BCUT2D eigenvalue weighted by atomic mass is 16.6. The average Bonchev–Trinajstić information content (AvgIpc) is 3.00. The zero-order valence-electron chi connectivity index (χ0n) is 16.7. The van der Waals surface area contributed by atoms with Crippen LogP contribution in [0.15, 0.2) is 47.6 Å². The van der Waals surface area contributed by atoms with Crippen LogP contribution in [0, 0.1) is 17.3 Å². The second-order valence-electron chi connectivity index (χ2n) is 9.22. The zero-order valence-corrected chi connectivity index (χ0v) is 16.7. The van der Waals surface area contributed by atoms with Crippen molar-refractivity contribution in [1.82, 2.24) is 0 Å². The maximum absolute atomic E-state index is 12.9. The summed E-state index contributed by atoms with van der Waals surface area (Å²) in [5.74, 6) is 0.143. The lowest BCUT2D eigenvalue weighted by Gasteiger charge is -2.43. The Labute approximate surface area is 166 Å². The van der Waals surface area contributed by atoms with Gasteiger partial charge in [0.25, 0.3) is 0 Å². The maximum Gasteiger partial charge on any atom is 0.315 e. The van der Waals surface area contributed by atoms with Gasteiger partial charge in [0.1, 0.15) is 18.6 Å². The van der Waals surface area contributed by atoms with E-state index in [2.05, 4.69) is 31.2 Å². The summed E-state index contributed by atoms with van der Waals surface area (Å²) in [6, 6.07) is 8.64. The summed E-state index contributed by atoms with van der Waals surface area (Å²) in [4.78, 5) is 26.6. The van der Waals surface area contributed by atoms with Crippen molar-refractivity contribution in [3.63, 3.8) is 0 Å². The highest BCUT2D eigenvalue weighted by Crippen LogP contribution is 2.52. The van der Waals surface area contributed by atoms with Crippen LogP contribution in [0.2, 0.25) is 0 Å². The van der Waals surface area contributed by atoms with Crippen molar-refractivity contribution in [3.05, 3.63) is 58.7 Å². The highest BCUT2D eigenvalue weighted by Gasteiger charge is 2.55. The number of hydrogen-bond donors (Lipinski definition) is 1. The Bertz CT molecular complexity index is 914. The minimum Gasteiger partial charge on any atom is -0.457 e. The van der Waals surface area contributed by atoms with Crippen LogP contribution >= 0.6 is 0 Å². The molecule has 2 aliphatic carbocycles. The first-order valence-electron chi connectivity index (χ1n) is 10.5. The van der Waals surface area contributed by atoms with Gasteiger partial charge in [-0.1, -0.05) is 37.3 Å². The fourth-order valence-corrected chi connectivity index (χ4v) is 5.93. The van der Waals surface area contributed by atoms with Crippen molar-refractivity contribution in [2.75, 3.05) is 13.1 Å². The number of quaternary nitrogens is 1. The molecular weight excluding hydrogens is 350 g/mol. The van der Waals surface area contributed by atoms with Gasteiger partial charge in [-0.05, 0) is 37.0 Å². The number of ketones is 1. The van der Waals surface area contributed by atoms with Gasteiger partial charge in [0, 0.05) is 28.9 Å². The van der Waals surface area contributed by atoms with E-state index in [0.29, 0.717) is 0 Å². The van der Waals surface area contributed by atoms with E-state index in [4.69, 9.17) is 4.74 Å². The quantitative estimate of drug-likeness (QED) is 0.802. The van der Waals surface area contributed by atoms with Crippen LogP contribution in [0.4, 0.5) is 0 Å². The van der Waals surface area contributed by atoms with Gasteiger partial charge in [-0.3, -0.25) is 9.59 Å². The van der Waals surface area contributed by atoms with Gasteiger partial charge in [0.15, 0.2) is 5.78 Å². The number of carbonyl (C=O) groups excluding carboxylic acids is 2. The number of benzene rings is 1. The Morgan fingerprint density at radius 3 is 2.82 bits per heavy atom. The molecule has 0 amide bonds. The number of hydrogen-bond acceptors (Lipinski definition) is 3. The molecule has 2 aliphatic heterocycles. The minimum absolute atomic E-state index is 0.0591. The summed E-state index contributed by atoms with van der Waals surface area (Å²) in [5.41, 5.74) is 4.55. The Balaban J connectivity index is 1.38. The van der Waals surface area contributed by atoms with E-state index in [9.17, 15) is 9.59 Å². The number of esters is 1. The van der Waals surface area contributed by atoms with Crippen molar-refractivity contribution in [2.24, 2.45) is 17.3 Å². The Morgan fingerprint density at radius 2 is 2.00 bits per heavy atom. The van der Waals surface area contributed by atoms with E-state index in [1.165, 1.54) is 16.0 Å². The lowest BCUT2D eigenvalue weighted by molar-refractivity contribution is -0.918. The van der Waals surface area contributed by atoms with Crippen LogP contribution in [-0.2, 0) is 27.3 Å².